The summed E-state index contributed by atoms with van der Waals surface area (Å²) >= 11 is 0. The monoisotopic (exact) mass is 453 g/mol. The Morgan fingerprint density at radius 3 is 2.70 bits per heavy atom. The molecule has 0 bridgehead atoms. The van der Waals surface area contributed by atoms with E-state index in [1.807, 2.05) is 23.2 Å². The van der Waals surface area contributed by atoms with Gasteiger partial charge in [0.1, 0.15) is 18.2 Å². The summed E-state index contributed by atoms with van der Waals surface area (Å²) in [6.45, 7) is 7.40. The number of piperidine rings is 1. The topological polar surface area (TPSA) is 79.5 Å². The van der Waals surface area contributed by atoms with Crippen molar-refractivity contribution < 1.29 is 4.79 Å². The second-order valence-corrected chi connectivity index (χ2v) is 9.64. The van der Waals surface area contributed by atoms with E-state index in [1.54, 1.807) is 4.57 Å². The first kappa shape index (κ1) is 22.1. The Morgan fingerprint density at radius 2 is 1.88 bits per heavy atom. The standard InChI is InChI=1S/C24H35N7O2/c32-23(19-31-24(33)30-12-5-1-2-9-22(30)26-31)29-11-6-7-20(18-29)17-27-13-15-28(16-14-27)21-8-3-4-10-25-21/h3-4,8,10,20H,1-2,5-7,9,11-19H2. The van der Waals surface area contributed by atoms with Crippen LogP contribution in [0, 0.1) is 5.92 Å². The van der Waals surface area contributed by atoms with E-state index in [0.29, 0.717) is 5.92 Å². The maximum atomic E-state index is 13.0. The number of aromatic nitrogens is 4. The van der Waals surface area contributed by atoms with E-state index >= 15 is 0 Å². The molecule has 2 aromatic rings. The predicted octanol–water partition coefficient (Wildman–Crippen LogP) is 1.23. The molecule has 0 saturated carbocycles. The number of carbonyl (C=O) groups excluding carboxylic acids is 1. The predicted molar refractivity (Wildman–Crippen MR) is 126 cm³/mol. The van der Waals surface area contributed by atoms with Crippen molar-refractivity contribution in [3.05, 3.63) is 40.7 Å². The highest BCUT2D eigenvalue weighted by Crippen LogP contribution is 2.20. The number of aryl methyl sites for hydroxylation is 1. The van der Waals surface area contributed by atoms with Crippen molar-refractivity contribution in [3.8, 4) is 0 Å². The summed E-state index contributed by atoms with van der Waals surface area (Å²) in [6.07, 6.45) is 8.07. The van der Waals surface area contributed by atoms with Gasteiger partial charge in [0, 0.05) is 65.0 Å². The Kier molecular flexibility index (Phi) is 6.75. The van der Waals surface area contributed by atoms with E-state index in [1.165, 1.54) is 4.68 Å². The maximum Gasteiger partial charge on any atom is 0.346 e. The molecule has 3 aliphatic heterocycles. The first-order valence-corrected chi connectivity index (χ1v) is 12.5. The van der Waals surface area contributed by atoms with E-state index in [-0.39, 0.29) is 18.1 Å². The highest BCUT2D eigenvalue weighted by molar-refractivity contribution is 5.76. The van der Waals surface area contributed by atoms with Gasteiger partial charge in [0.05, 0.1) is 0 Å². The van der Waals surface area contributed by atoms with Crippen LogP contribution in [0.2, 0.25) is 0 Å². The van der Waals surface area contributed by atoms with Crippen molar-refractivity contribution in [1.82, 2.24) is 29.1 Å². The van der Waals surface area contributed by atoms with Crippen molar-refractivity contribution in [2.75, 3.05) is 50.7 Å². The molecule has 1 atom stereocenters. The molecule has 2 fully saturated rings. The van der Waals surface area contributed by atoms with Crippen molar-refractivity contribution in [1.29, 1.82) is 0 Å². The summed E-state index contributed by atoms with van der Waals surface area (Å²) in [4.78, 5) is 37.0. The molecule has 1 unspecified atom stereocenters. The fourth-order valence-electron chi connectivity index (χ4n) is 5.46. The van der Waals surface area contributed by atoms with Crippen LogP contribution in [-0.2, 0) is 24.3 Å². The van der Waals surface area contributed by atoms with Gasteiger partial charge in [0.25, 0.3) is 0 Å². The van der Waals surface area contributed by atoms with Crippen molar-refractivity contribution in [2.45, 2.75) is 51.6 Å². The zero-order valence-electron chi connectivity index (χ0n) is 19.4. The Balaban J connectivity index is 1.13. The number of hydrogen-bond acceptors (Lipinski definition) is 6. The van der Waals surface area contributed by atoms with Gasteiger partial charge in [-0.25, -0.2) is 14.5 Å². The normalized spacial score (nSPS) is 22.1. The van der Waals surface area contributed by atoms with Gasteiger partial charge < -0.3 is 9.80 Å². The molecular weight excluding hydrogens is 418 g/mol. The number of nitrogens with zero attached hydrogens (tertiary/aromatic N) is 7. The fourth-order valence-corrected chi connectivity index (χ4v) is 5.46. The minimum atomic E-state index is -0.125. The molecule has 2 aromatic heterocycles. The van der Waals surface area contributed by atoms with Gasteiger partial charge in [0.15, 0.2) is 0 Å². The number of amides is 1. The van der Waals surface area contributed by atoms with Gasteiger partial charge >= 0.3 is 5.69 Å². The maximum absolute atomic E-state index is 13.0. The first-order valence-electron chi connectivity index (χ1n) is 12.5. The first-order chi connectivity index (χ1) is 16.2. The third-order valence-corrected chi connectivity index (χ3v) is 7.30. The summed E-state index contributed by atoms with van der Waals surface area (Å²) in [6, 6.07) is 6.06. The molecule has 0 N–H and O–H groups in total. The molecule has 0 aliphatic carbocycles. The second-order valence-electron chi connectivity index (χ2n) is 9.64. The quantitative estimate of drug-likeness (QED) is 0.678. The highest BCUT2D eigenvalue weighted by atomic mass is 16.2. The number of carbonyl (C=O) groups is 1. The highest BCUT2D eigenvalue weighted by Gasteiger charge is 2.28. The van der Waals surface area contributed by atoms with E-state index in [9.17, 15) is 9.59 Å². The van der Waals surface area contributed by atoms with E-state index < -0.39 is 0 Å². The van der Waals surface area contributed by atoms with Crippen LogP contribution in [0.25, 0.3) is 0 Å². The van der Waals surface area contributed by atoms with E-state index in [0.717, 1.165) is 103 Å². The fraction of sp³-hybridized carbons (Fsp3) is 0.667. The Bertz CT molecular complexity index is 994. The summed E-state index contributed by atoms with van der Waals surface area (Å²) < 4.78 is 3.16. The molecule has 0 radical (unpaired) electrons. The summed E-state index contributed by atoms with van der Waals surface area (Å²) in [7, 11) is 0. The Hall–Kier alpha value is -2.68. The molecule has 0 aromatic carbocycles. The molecule has 5 rings (SSSR count). The number of likely N-dealkylation sites (tertiary alicyclic amines) is 1. The molecule has 1 amide bonds. The Labute approximate surface area is 195 Å². The lowest BCUT2D eigenvalue weighted by molar-refractivity contribution is -0.134. The van der Waals surface area contributed by atoms with Gasteiger partial charge in [-0.1, -0.05) is 12.5 Å². The average molecular weight is 454 g/mol. The van der Waals surface area contributed by atoms with Crippen LogP contribution < -0.4 is 10.6 Å². The van der Waals surface area contributed by atoms with Crippen LogP contribution in [-0.4, -0.2) is 80.9 Å². The summed E-state index contributed by atoms with van der Waals surface area (Å²) in [5.41, 5.74) is -0.125. The van der Waals surface area contributed by atoms with E-state index in [2.05, 4.69) is 25.9 Å². The lowest BCUT2D eigenvalue weighted by Gasteiger charge is -2.39. The summed E-state index contributed by atoms with van der Waals surface area (Å²) in [5.74, 6) is 2.40. The number of hydrogen-bond donors (Lipinski definition) is 0. The zero-order valence-corrected chi connectivity index (χ0v) is 19.4. The van der Waals surface area contributed by atoms with Gasteiger partial charge in [0.2, 0.25) is 5.91 Å². The van der Waals surface area contributed by atoms with Gasteiger partial charge in [-0.3, -0.25) is 14.3 Å². The van der Waals surface area contributed by atoms with Crippen LogP contribution in [0.1, 0.15) is 37.9 Å². The van der Waals surface area contributed by atoms with E-state index in [4.69, 9.17) is 0 Å². The van der Waals surface area contributed by atoms with Crippen LogP contribution in [0.3, 0.4) is 0 Å². The van der Waals surface area contributed by atoms with Gasteiger partial charge in [-0.2, -0.15) is 5.10 Å². The minimum Gasteiger partial charge on any atom is -0.354 e. The lowest BCUT2D eigenvalue weighted by atomic mass is 9.97. The summed E-state index contributed by atoms with van der Waals surface area (Å²) in [5, 5.41) is 4.49. The third-order valence-electron chi connectivity index (χ3n) is 7.30. The molecule has 33 heavy (non-hydrogen) atoms. The smallest absolute Gasteiger partial charge is 0.346 e. The molecule has 9 heteroatoms. The van der Waals surface area contributed by atoms with Crippen LogP contribution in [0.15, 0.2) is 29.2 Å². The SMILES string of the molecule is O=C(Cn1nc2n(c1=O)CCCCC2)N1CCCC(CN2CCN(c3ccccn3)CC2)C1. The molecular formula is C24H35N7O2. The number of rotatable bonds is 5. The molecule has 5 heterocycles. The van der Waals surface area contributed by atoms with Crippen molar-refractivity contribution in [2.24, 2.45) is 5.92 Å². The number of pyridine rings is 1. The third kappa shape index (κ3) is 5.13. The van der Waals surface area contributed by atoms with Crippen LogP contribution in [0.4, 0.5) is 5.82 Å². The van der Waals surface area contributed by atoms with Crippen molar-refractivity contribution >= 4 is 11.7 Å². The Morgan fingerprint density at radius 1 is 1.00 bits per heavy atom. The van der Waals surface area contributed by atoms with Gasteiger partial charge in [-0.05, 0) is 43.7 Å². The molecule has 9 nitrogen and oxygen atoms in total. The molecule has 178 valence electrons. The minimum absolute atomic E-state index is 0.0232. The molecule has 3 aliphatic rings. The molecule has 2 saturated heterocycles. The largest absolute Gasteiger partial charge is 0.354 e. The van der Waals surface area contributed by atoms with Crippen LogP contribution in [0.5, 0.6) is 0 Å². The van der Waals surface area contributed by atoms with Gasteiger partial charge in [-0.15, -0.1) is 0 Å². The molecule has 0 spiro atoms. The zero-order chi connectivity index (χ0) is 22.6. The number of fused-ring (bicyclic) bond motifs is 1. The number of piperazine rings is 1. The lowest BCUT2D eigenvalue weighted by Crippen LogP contribution is -2.50. The average Bonchev–Trinajstić information content (AvgIpc) is 3.00. The van der Waals surface area contributed by atoms with Crippen molar-refractivity contribution in [3.63, 3.8) is 0 Å². The second kappa shape index (κ2) is 10.1. The van der Waals surface area contributed by atoms with Crippen LogP contribution >= 0.6 is 0 Å². The number of anilines is 1.